The predicted octanol–water partition coefficient (Wildman–Crippen LogP) is 4.74. The van der Waals surface area contributed by atoms with Crippen molar-refractivity contribution in [2.45, 2.75) is 18.7 Å². The molecule has 3 aromatic rings. The van der Waals surface area contributed by atoms with E-state index in [1.165, 1.54) is 0 Å². The number of halogens is 1. The van der Waals surface area contributed by atoms with Crippen molar-refractivity contribution in [3.05, 3.63) is 87.5 Å². The van der Waals surface area contributed by atoms with E-state index in [-0.39, 0.29) is 11.4 Å². The summed E-state index contributed by atoms with van der Waals surface area (Å²) in [7, 11) is -3.91. The Bertz CT molecular complexity index is 1110. The smallest absolute Gasteiger partial charge is 0.264 e. The first-order chi connectivity index (χ1) is 13.8. The lowest BCUT2D eigenvalue weighted by Crippen LogP contribution is -2.38. The zero-order valence-electron chi connectivity index (χ0n) is 16.1. The van der Waals surface area contributed by atoms with Gasteiger partial charge < -0.3 is 5.32 Å². The van der Waals surface area contributed by atoms with Gasteiger partial charge in [-0.25, -0.2) is 8.42 Å². The zero-order valence-corrected chi connectivity index (χ0v) is 19.1. The van der Waals surface area contributed by atoms with Crippen LogP contribution in [-0.4, -0.2) is 20.9 Å². The second kappa shape index (κ2) is 8.96. The Labute approximate surface area is 184 Å². The number of aryl methyl sites for hydroxylation is 2. The van der Waals surface area contributed by atoms with Crippen LogP contribution in [-0.2, 0) is 14.8 Å². The first-order valence-electron chi connectivity index (χ1n) is 8.97. The minimum Gasteiger partial charge on any atom is -0.325 e. The molecule has 0 aromatic heterocycles. The summed E-state index contributed by atoms with van der Waals surface area (Å²) in [6, 6.07) is 21.0. The normalized spacial score (nSPS) is 11.1. The molecule has 0 unspecified atom stereocenters. The molecule has 3 aromatic carbocycles. The average molecular weight is 520 g/mol. The Morgan fingerprint density at radius 1 is 0.931 bits per heavy atom. The Morgan fingerprint density at radius 3 is 2.21 bits per heavy atom. The highest BCUT2D eigenvalue weighted by Gasteiger charge is 2.27. The van der Waals surface area contributed by atoms with Crippen LogP contribution in [0.25, 0.3) is 0 Å². The van der Waals surface area contributed by atoms with Gasteiger partial charge in [0.15, 0.2) is 0 Å². The molecule has 3 rings (SSSR count). The van der Waals surface area contributed by atoms with E-state index < -0.39 is 15.9 Å². The van der Waals surface area contributed by atoms with Crippen LogP contribution in [0.5, 0.6) is 0 Å². The maximum absolute atomic E-state index is 13.3. The molecule has 0 aliphatic heterocycles. The molecule has 0 radical (unpaired) electrons. The summed E-state index contributed by atoms with van der Waals surface area (Å²) in [6.45, 7) is 3.45. The highest BCUT2D eigenvalue weighted by Crippen LogP contribution is 2.25. The van der Waals surface area contributed by atoms with Crippen LogP contribution in [0.15, 0.2) is 77.7 Å². The van der Waals surface area contributed by atoms with Crippen molar-refractivity contribution in [3.63, 3.8) is 0 Å². The quantitative estimate of drug-likeness (QED) is 0.478. The van der Waals surface area contributed by atoms with Crippen molar-refractivity contribution in [1.82, 2.24) is 0 Å². The Morgan fingerprint density at radius 2 is 1.59 bits per heavy atom. The van der Waals surface area contributed by atoms with Gasteiger partial charge in [-0.3, -0.25) is 9.10 Å². The number of nitrogens with one attached hydrogen (secondary N) is 1. The lowest BCUT2D eigenvalue weighted by molar-refractivity contribution is -0.114. The Kier molecular flexibility index (Phi) is 6.59. The third-order valence-corrected chi connectivity index (χ3v) is 6.82. The van der Waals surface area contributed by atoms with Gasteiger partial charge >= 0.3 is 0 Å². The summed E-state index contributed by atoms with van der Waals surface area (Å²) >= 11 is 2.18. The number of benzene rings is 3. The fourth-order valence-corrected chi connectivity index (χ4v) is 4.57. The van der Waals surface area contributed by atoms with E-state index in [1.54, 1.807) is 54.6 Å². The summed E-state index contributed by atoms with van der Waals surface area (Å²) < 4.78 is 28.9. The average Bonchev–Trinajstić information content (AvgIpc) is 2.68. The van der Waals surface area contributed by atoms with Crippen molar-refractivity contribution in [3.8, 4) is 0 Å². The lowest BCUT2D eigenvalue weighted by Gasteiger charge is -2.24. The molecule has 0 fully saturated rings. The number of nitrogens with zero attached hydrogens (tertiary/aromatic N) is 1. The van der Waals surface area contributed by atoms with Crippen molar-refractivity contribution in [2.75, 3.05) is 16.2 Å². The maximum atomic E-state index is 13.3. The second-order valence-electron chi connectivity index (χ2n) is 6.72. The first kappa shape index (κ1) is 21.3. The SMILES string of the molecule is Cc1ccc(S(=O)(=O)N(CC(=O)Nc2ccc(I)cc2)c2cccc(C)c2)cc1. The monoisotopic (exact) mass is 520 g/mol. The topological polar surface area (TPSA) is 66.5 Å². The number of sulfonamides is 1. The highest BCUT2D eigenvalue weighted by atomic mass is 127. The van der Waals surface area contributed by atoms with Crippen molar-refractivity contribution in [2.24, 2.45) is 0 Å². The molecule has 0 saturated heterocycles. The third-order valence-electron chi connectivity index (χ3n) is 4.31. The molecule has 0 saturated carbocycles. The number of amides is 1. The maximum Gasteiger partial charge on any atom is 0.264 e. The molecule has 29 heavy (non-hydrogen) atoms. The van der Waals surface area contributed by atoms with E-state index in [2.05, 4.69) is 27.9 Å². The summed E-state index contributed by atoms with van der Waals surface area (Å²) in [5, 5.41) is 2.77. The van der Waals surface area contributed by atoms with Gasteiger partial charge in [-0.1, -0.05) is 29.8 Å². The first-order valence-corrected chi connectivity index (χ1v) is 11.5. The fourth-order valence-electron chi connectivity index (χ4n) is 2.80. The second-order valence-corrected chi connectivity index (χ2v) is 9.83. The molecular formula is C22H21IN2O3S. The standard InChI is InChI=1S/C22H21IN2O3S/c1-16-6-12-21(13-7-16)29(27,28)25(20-5-3-4-17(2)14-20)15-22(26)24-19-10-8-18(23)9-11-19/h3-14H,15H2,1-2H3,(H,24,26). The van der Waals surface area contributed by atoms with Crippen molar-refractivity contribution in [1.29, 1.82) is 0 Å². The number of anilines is 2. The molecule has 1 N–H and O–H groups in total. The molecule has 0 atom stereocenters. The fraction of sp³-hybridized carbons (Fsp3) is 0.136. The number of carbonyl (C=O) groups is 1. The van der Waals surface area contributed by atoms with Crippen LogP contribution in [0.1, 0.15) is 11.1 Å². The molecule has 0 bridgehead atoms. The van der Waals surface area contributed by atoms with E-state index in [0.717, 1.165) is 19.0 Å². The minimum absolute atomic E-state index is 0.145. The van der Waals surface area contributed by atoms with Gasteiger partial charge in [0.2, 0.25) is 5.91 Å². The van der Waals surface area contributed by atoms with Crippen molar-refractivity contribution < 1.29 is 13.2 Å². The molecule has 0 aliphatic carbocycles. The van der Waals surface area contributed by atoms with Crippen LogP contribution in [0, 0.1) is 17.4 Å². The molecule has 0 aliphatic rings. The molecule has 5 nitrogen and oxygen atoms in total. The number of rotatable bonds is 6. The largest absolute Gasteiger partial charge is 0.325 e. The van der Waals surface area contributed by atoms with E-state index >= 15 is 0 Å². The van der Waals surface area contributed by atoms with Gasteiger partial charge in [-0.2, -0.15) is 0 Å². The Hall–Kier alpha value is -2.39. The summed E-state index contributed by atoms with van der Waals surface area (Å²) in [5.41, 5.74) is 2.93. The van der Waals surface area contributed by atoms with Gasteiger partial charge in [0.25, 0.3) is 10.0 Å². The molecule has 0 heterocycles. The van der Waals surface area contributed by atoms with E-state index in [4.69, 9.17) is 0 Å². The lowest BCUT2D eigenvalue weighted by atomic mass is 10.2. The van der Waals surface area contributed by atoms with Gasteiger partial charge in [0, 0.05) is 9.26 Å². The van der Waals surface area contributed by atoms with Gasteiger partial charge in [-0.15, -0.1) is 0 Å². The van der Waals surface area contributed by atoms with E-state index in [9.17, 15) is 13.2 Å². The van der Waals surface area contributed by atoms with E-state index in [0.29, 0.717) is 11.4 Å². The van der Waals surface area contributed by atoms with Crippen LogP contribution in [0.4, 0.5) is 11.4 Å². The van der Waals surface area contributed by atoms with Crippen LogP contribution < -0.4 is 9.62 Å². The third kappa shape index (κ3) is 5.36. The van der Waals surface area contributed by atoms with Crippen LogP contribution >= 0.6 is 22.6 Å². The number of carbonyl (C=O) groups excluding carboxylic acids is 1. The Balaban J connectivity index is 1.93. The van der Waals surface area contributed by atoms with E-state index in [1.807, 2.05) is 32.0 Å². The summed E-state index contributed by atoms with van der Waals surface area (Å²) in [5.74, 6) is -0.414. The molecule has 150 valence electrons. The van der Waals surface area contributed by atoms with Gasteiger partial charge in [0.1, 0.15) is 6.54 Å². The van der Waals surface area contributed by atoms with Crippen LogP contribution in [0.3, 0.4) is 0 Å². The predicted molar refractivity (Wildman–Crippen MR) is 125 cm³/mol. The van der Waals surface area contributed by atoms with Crippen molar-refractivity contribution >= 4 is 49.9 Å². The van der Waals surface area contributed by atoms with Crippen LogP contribution in [0.2, 0.25) is 0 Å². The number of hydrogen-bond acceptors (Lipinski definition) is 3. The minimum atomic E-state index is -3.91. The number of hydrogen-bond donors (Lipinski definition) is 1. The highest BCUT2D eigenvalue weighted by molar-refractivity contribution is 14.1. The summed E-state index contributed by atoms with van der Waals surface area (Å²) in [4.78, 5) is 12.8. The summed E-state index contributed by atoms with van der Waals surface area (Å²) in [6.07, 6.45) is 0. The molecule has 0 spiro atoms. The molecule has 7 heteroatoms. The molecule has 1 amide bonds. The zero-order chi connectivity index (χ0) is 21.0. The van der Waals surface area contributed by atoms with Gasteiger partial charge in [-0.05, 0) is 90.5 Å². The molecular weight excluding hydrogens is 499 g/mol. The van der Waals surface area contributed by atoms with Gasteiger partial charge in [0.05, 0.1) is 10.6 Å².